The second-order valence-electron chi connectivity index (χ2n) is 3.94. The summed E-state index contributed by atoms with van der Waals surface area (Å²) in [6.45, 7) is 2.54. The van der Waals surface area contributed by atoms with Crippen molar-refractivity contribution in [3.63, 3.8) is 0 Å². The summed E-state index contributed by atoms with van der Waals surface area (Å²) >= 11 is 0. The zero-order chi connectivity index (χ0) is 12.8. The number of aromatic nitrogens is 1. The summed E-state index contributed by atoms with van der Waals surface area (Å²) in [6, 6.07) is 13.6. The van der Waals surface area contributed by atoms with Crippen molar-refractivity contribution in [2.45, 2.75) is 20.0 Å². The standard InChI is InChI=1S/C15H14N2O/c1-2-12-4-7-15(8-5-12)18-11-14-6-3-13(9-16)10-17-14/h3-8,10H,2,11H2,1H3. The first-order valence-corrected chi connectivity index (χ1v) is 5.88. The minimum atomic E-state index is 0.414. The third kappa shape index (κ3) is 3.08. The average Bonchev–Trinajstić information content (AvgIpc) is 2.46. The minimum absolute atomic E-state index is 0.414. The highest BCUT2D eigenvalue weighted by Gasteiger charge is 1.98. The third-order valence-electron chi connectivity index (χ3n) is 2.67. The molecule has 2 rings (SSSR count). The number of hydrogen-bond donors (Lipinski definition) is 0. The smallest absolute Gasteiger partial charge is 0.130 e. The molecular weight excluding hydrogens is 224 g/mol. The molecule has 0 aliphatic heterocycles. The quantitative estimate of drug-likeness (QED) is 0.822. The summed E-state index contributed by atoms with van der Waals surface area (Å²) < 4.78 is 5.62. The molecule has 0 saturated heterocycles. The van der Waals surface area contributed by atoms with Crippen molar-refractivity contribution in [2.24, 2.45) is 0 Å². The van der Waals surface area contributed by atoms with E-state index in [1.165, 1.54) is 5.56 Å². The fourth-order valence-electron chi connectivity index (χ4n) is 1.55. The Labute approximate surface area is 107 Å². The van der Waals surface area contributed by atoms with E-state index >= 15 is 0 Å². The molecule has 1 aromatic heterocycles. The monoisotopic (exact) mass is 238 g/mol. The maximum absolute atomic E-state index is 8.66. The summed E-state index contributed by atoms with van der Waals surface area (Å²) in [5.41, 5.74) is 2.67. The molecular formula is C15H14N2O. The highest BCUT2D eigenvalue weighted by atomic mass is 16.5. The Kier molecular flexibility index (Phi) is 3.93. The Balaban J connectivity index is 1.95. The zero-order valence-corrected chi connectivity index (χ0v) is 10.3. The van der Waals surface area contributed by atoms with Gasteiger partial charge in [0.1, 0.15) is 18.4 Å². The largest absolute Gasteiger partial charge is 0.487 e. The SMILES string of the molecule is CCc1ccc(OCc2ccc(C#N)cn2)cc1. The van der Waals surface area contributed by atoms with Crippen LogP contribution in [0, 0.1) is 11.3 Å². The molecule has 2 aromatic rings. The van der Waals surface area contributed by atoms with Crippen molar-refractivity contribution >= 4 is 0 Å². The summed E-state index contributed by atoms with van der Waals surface area (Å²) in [4.78, 5) is 4.15. The second kappa shape index (κ2) is 5.83. The molecule has 0 radical (unpaired) electrons. The fraction of sp³-hybridized carbons (Fsp3) is 0.200. The number of nitriles is 1. The molecule has 18 heavy (non-hydrogen) atoms. The van der Waals surface area contributed by atoms with E-state index in [0.29, 0.717) is 12.2 Å². The van der Waals surface area contributed by atoms with Crippen LogP contribution in [0.1, 0.15) is 23.7 Å². The van der Waals surface area contributed by atoms with E-state index < -0.39 is 0 Å². The predicted molar refractivity (Wildman–Crippen MR) is 69.1 cm³/mol. The fourth-order valence-corrected chi connectivity index (χ4v) is 1.55. The normalized spacial score (nSPS) is 9.78. The summed E-state index contributed by atoms with van der Waals surface area (Å²) in [5, 5.41) is 8.66. The van der Waals surface area contributed by atoms with E-state index in [1.807, 2.05) is 18.2 Å². The van der Waals surface area contributed by atoms with Crippen LogP contribution in [0.15, 0.2) is 42.6 Å². The third-order valence-corrected chi connectivity index (χ3v) is 2.67. The Bertz CT molecular complexity index is 538. The van der Waals surface area contributed by atoms with E-state index in [1.54, 1.807) is 18.3 Å². The van der Waals surface area contributed by atoms with Crippen LogP contribution < -0.4 is 4.74 Å². The van der Waals surface area contributed by atoms with Crippen LogP contribution in [0.25, 0.3) is 0 Å². The summed E-state index contributed by atoms with van der Waals surface area (Å²) in [6.07, 6.45) is 2.58. The number of nitrogens with zero attached hydrogens (tertiary/aromatic N) is 2. The Morgan fingerprint density at radius 1 is 1.17 bits per heavy atom. The number of ether oxygens (including phenoxy) is 1. The molecule has 1 heterocycles. The van der Waals surface area contributed by atoms with Gasteiger partial charge in [0.05, 0.1) is 11.3 Å². The number of hydrogen-bond acceptors (Lipinski definition) is 3. The lowest BCUT2D eigenvalue weighted by Crippen LogP contribution is -1.98. The van der Waals surface area contributed by atoms with E-state index in [-0.39, 0.29) is 0 Å². The van der Waals surface area contributed by atoms with Crippen molar-refractivity contribution in [3.05, 3.63) is 59.4 Å². The minimum Gasteiger partial charge on any atom is -0.487 e. The molecule has 90 valence electrons. The lowest BCUT2D eigenvalue weighted by molar-refractivity contribution is 0.301. The van der Waals surface area contributed by atoms with Crippen LogP contribution in [0.4, 0.5) is 0 Å². The van der Waals surface area contributed by atoms with Crippen molar-refractivity contribution in [1.82, 2.24) is 4.98 Å². The highest BCUT2D eigenvalue weighted by Crippen LogP contribution is 2.14. The van der Waals surface area contributed by atoms with Gasteiger partial charge in [0.15, 0.2) is 0 Å². The van der Waals surface area contributed by atoms with E-state index in [9.17, 15) is 0 Å². The topological polar surface area (TPSA) is 45.9 Å². The number of rotatable bonds is 4. The van der Waals surface area contributed by atoms with E-state index in [2.05, 4.69) is 24.0 Å². The van der Waals surface area contributed by atoms with Crippen LogP contribution in [0.3, 0.4) is 0 Å². The van der Waals surface area contributed by atoms with Gasteiger partial charge in [-0.05, 0) is 36.2 Å². The van der Waals surface area contributed by atoms with Gasteiger partial charge in [-0.3, -0.25) is 4.98 Å². The van der Waals surface area contributed by atoms with Gasteiger partial charge in [0, 0.05) is 6.20 Å². The van der Waals surface area contributed by atoms with Gasteiger partial charge >= 0.3 is 0 Å². The van der Waals surface area contributed by atoms with Crippen molar-refractivity contribution in [2.75, 3.05) is 0 Å². The first-order valence-electron chi connectivity index (χ1n) is 5.88. The van der Waals surface area contributed by atoms with Gasteiger partial charge in [-0.15, -0.1) is 0 Å². The Morgan fingerprint density at radius 2 is 1.94 bits per heavy atom. The van der Waals surface area contributed by atoms with Gasteiger partial charge in [0.2, 0.25) is 0 Å². The Morgan fingerprint density at radius 3 is 2.50 bits per heavy atom. The van der Waals surface area contributed by atoms with Crippen LogP contribution in [-0.2, 0) is 13.0 Å². The van der Waals surface area contributed by atoms with Crippen LogP contribution in [0.2, 0.25) is 0 Å². The summed E-state index contributed by atoms with van der Waals surface area (Å²) in [7, 11) is 0. The lowest BCUT2D eigenvalue weighted by Gasteiger charge is -2.06. The van der Waals surface area contributed by atoms with Gasteiger partial charge in [-0.1, -0.05) is 19.1 Å². The first kappa shape index (κ1) is 12.1. The molecule has 0 fully saturated rings. The first-order chi connectivity index (χ1) is 8.81. The zero-order valence-electron chi connectivity index (χ0n) is 10.3. The number of benzene rings is 1. The molecule has 0 aliphatic rings. The molecule has 0 saturated carbocycles. The van der Waals surface area contributed by atoms with Gasteiger partial charge in [0.25, 0.3) is 0 Å². The molecule has 0 spiro atoms. The molecule has 1 aromatic carbocycles. The molecule has 0 unspecified atom stereocenters. The molecule has 0 atom stereocenters. The maximum Gasteiger partial charge on any atom is 0.130 e. The molecule has 0 bridgehead atoms. The van der Waals surface area contributed by atoms with Crippen LogP contribution in [0.5, 0.6) is 5.75 Å². The van der Waals surface area contributed by atoms with E-state index in [0.717, 1.165) is 17.9 Å². The highest BCUT2D eigenvalue weighted by molar-refractivity contribution is 5.28. The number of aryl methyl sites for hydroxylation is 1. The maximum atomic E-state index is 8.66. The van der Waals surface area contributed by atoms with Crippen molar-refractivity contribution in [3.8, 4) is 11.8 Å². The van der Waals surface area contributed by atoms with Crippen molar-refractivity contribution < 1.29 is 4.74 Å². The number of pyridine rings is 1. The molecule has 0 N–H and O–H groups in total. The van der Waals surface area contributed by atoms with Crippen molar-refractivity contribution in [1.29, 1.82) is 5.26 Å². The van der Waals surface area contributed by atoms with E-state index in [4.69, 9.17) is 10.00 Å². The molecule has 0 amide bonds. The summed E-state index contributed by atoms with van der Waals surface area (Å²) in [5.74, 6) is 0.832. The van der Waals surface area contributed by atoms with Crippen LogP contribution in [-0.4, -0.2) is 4.98 Å². The Hall–Kier alpha value is -2.34. The van der Waals surface area contributed by atoms with Gasteiger partial charge in [-0.25, -0.2) is 0 Å². The average molecular weight is 238 g/mol. The molecule has 3 heteroatoms. The molecule has 0 aliphatic carbocycles. The second-order valence-corrected chi connectivity index (χ2v) is 3.94. The predicted octanol–water partition coefficient (Wildman–Crippen LogP) is 3.09. The molecule has 3 nitrogen and oxygen atoms in total. The lowest BCUT2D eigenvalue weighted by atomic mass is 10.2. The van der Waals surface area contributed by atoms with Gasteiger partial charge in [-0.2, -0.15) is 5.26 Å². The van der Waals surface area contributed by atoms with Gasteiger partial charge < -0.3 is 4.74 Å². The van der Waals surface area contributed by atoms with Crippen LogP contribution >= 0.6 is 0 Å².